The molecule has 1 atom stereocenters. The highest BCUT2D eigenvalue weighted by atomic mass is 16.7. The molecule has 0 bridgehead atoms. The summed E-state index contributed by atoms with van der Waals surface area (Å²) in [7, 11) is 0. The molecule has 15 heavy (non-hydrogen) atoms. The molecule has 0 aromatic carbocycles. The van der Waals surface area contributed by atoms with E-state index in [0.717, 1.165) is 13.1 Å². The second-order valence-corrected chi connectivity index (χ2v) is 4.08. The Morgan fingerprint density at radius 1 is 1.53 bits per heavy atom. The molecule has 0 aromatic rings. The molecular weight excluding hydrogens is 194 g/mol. The average molecular weight is 215 g/mol. The molecule has 88 valence electrons. The summed E-state index contributed by atoms with van der Waals surface area (Å²) < 4.78 is 0. The van der Waals surface area contributed by atoms with Gasteiger partial charge >= 0.3 is 5.97 Å². The Morgan fingerprint density at radius 3 is 3.07 bits per heavy atom. The third-order valence-corrected chi connectivity index (χ3v) is 2.97. The van der Waals surface area contributed by atoms with E-state index in [-0.39, 0.29) is 5.97 Å². The standard InChI is InChI=1S/C10H21N3O2/c1-9-5-3-2-4-7-13(9)8-6-10(14)15-12-11/h9,12H,2-8,11H2,1H3. The lowest BCUT2D eigenvalue weighted by Gasteiger charge is -2.26. The smallest absolute Gasteiger partial charge is 0.327 e. The van der Waals surface area contributed by atoms with E-state index in [0.29, 0.717) is 12.5 Å². The fourth-order valence-electron chi connectivity index (χ4n) is 2.02. The van der Waals surface area contributed by atoms with E-state index < -0.39 is 0 Å². The van der Waals surface area contributed by atoms with Gasteiger partial charge in [0.25, 0.3) is 0 Å². The summed E-state index contributed by atoms with van der Waals surface area (Å²) >= 11 is 0. The summed E-state index contributed by atoms with van der Waals surface area (Å²) in [6.07, 6.45) is 5.45. The number of nitrogens with one attached hydrogen (secondary N) is 1. The second kappa shape index (κ2) is 6.76. The molecule has 1 heterocycles. The molecule has 0 aliphatic carbocycles. The highest BCUT2D eigenvalue weighted by Gasteiger charge is 2.17. The minimum Gasteiger partial charge on any atom is -0.356 e. The van der Waals surface area contributed by atoms with Gasteiger partial charge in [-0.15, -0.1) is 0 Å². The van der Waals surface area contributed by atoms with Crippen LogP contribution in [0.2, 0.25) is 0 Å². The number of nitrogens with zero attached hydrogens (tertiary/aromatic N) is 1. The van der Waals surface area contributed by atoms with Crippen molar-refractivity contribution in [3.8, 4) is 0 Å². The van der Waals surface area contributed by atoms with Crippen LogP contribution in [0.5, 0.6) is 0 Å². The third-order valence-electron chi connectivity index (χ3n) is 2.97. The Bertz CT molecular complexity index is 199. The van der Waals surface area contributed by atoms with Crippen LogP contribution in [0, 0.1) is 0 Å². The largest absolute Gasteiger partial charge is 0.356 e. The Kier molecular flexibility index (Phi) is 5.60. The van der Waals surface area contributed by atoms with E-state index in [1.165, 1.54) is 25.7 Å². The van der Waals surface area contributed by atoms with E-state index >= 15 is 0 Å². The van der Waals surface area contributed by atoms with E-state index in [1.807, 2.05) is 5.59 Å². The van der Waals surface area contributed by atoms with Crippen LogP contribution in [-0.2, 0) is 9.63 Å². The van der Waals surface area contributed by atoms with Gasteiger partial charge in [-0.1, -0.05) is 18.4 Å². The first-order valence-electron chi connectivity index (χ1n) is 5.63. The number of hydrogen-bond donors (Lipinski definition) is 2. The first kappa shape index (κ1) is 12.4. The maximum absolute atomic E-state index is 11.1. The molecule has 5 nitrogen and oxygen atoms in total. The van der Waals surface area contributed by atoms with Gasteiger partial charge in [0.15, 0.2) is 0 Å². The quantitative estimate of drug-likeness (QED) is 0.530. The monoisotopic (exact) mass is 215 g/mol. The van der Waals surface area contributed by atoms with Crippen LogP contribution in [0.25, 0.3) is 0 Å². The van der Waals surface area contributed by atoms with E-state index in [4.69, 9.17) is 5.84 Å². The minimum atomic E-state index is -0.297. The van der Waals surface area contributed by atoms with Crippen LogP contribution in [0.4, 0.5) is 0 Å². The predicted octanol–water partition coefficient (Wildman–Crippen LogP) is 0.563. The van der Waals surface area contributed by atoms with Gasteiger partial charge in [-0.3, -0.25) is 4.79 Å². The minimum absolute atomic E-state index is 0.297. The summed E-state index contributed by atoms with van der Waals surface area (Å²) in [5, 5.41) is 0. The van der Waals surface area contributed by atoms with Crippen LogP contribution < -0.4 is 11.4 Å². The van der Waals surface area contributed by atoms with Crippen molar-refractivity contribution in [2.75, 3.05) is 13.1 Å². The maximum Gasteiger partial charge on any atom is 0.327 e. The number of carbonyl (C=O) groups excluding carboxylic acids is 1. The van der Waals surface area contributed by atoms with Crippen molar-refractivity contribution in [1.29, 1.82) is 0 Å². The first-order chi connectivity index (χ1) is 7.24. The van der Waals surface area contributed by atoms with Crippen molar-refractivity contribution in [1.82, 2.24) is 10.5 Å². The predicted molar refractivity (Wildman–Crippen MR) is 57.5 cm³/mol. The third kappa shape index (κ3) is 4.59. The number of rotatable bonds is 4. The van der Waals surface area contributed by atoms with Crippen LogP contribution in [-0.4, -0.2) is 30.0 Å². The van der Waals surface area contributed by atoms with Crippen LogP contribution in [0.1, 0.15) is 39.0 Å². The van der Waals surface area contributed by atoms with Crippen molar-refractivity contribution in [3.05, 3.63) is 0 Å². The zero-order valence-corrected chi connectivity index (χ0v) is 9.37. The molecule has 0 aromatic heterocycles. The number of hydrogen-bond acceptors (Lipinski definition) is 5. The molecule has 1 rings (SSSR count). The highest BCUT2D eigenvalue weighted by Crippen LogP contribution is 2.16. The molecule has 1 aliphatic heterocycles. The number of nitrogens with two attached hydrogens (primary N) is 1. The second-order valence-electron chi connectivity index (χ2n) is 4.08. The highest BCUT2D eigenvalue weighted by molar-refractivity contribution is 5.69. The van der Waals surface area contributed by atoms with Crippen molar-refractivity contribution in [2.45, 2.75) is 45.1 Å². The molecule has 1 fully saturated rings. The lowest BCUT2D eigenvalue weighted by Crippen LogP contribution is -2.35. The average Bonchev–Trinajstić information content (AvgIpc) is 2.41. The Balaban J connectivity index is 2.25. The van der Waals surface area contributed by atoms with Gasteiger partial charge in [0.1, 0.15) is 0 Å². The zero-order chi connectivity index (χ0) is 11.1. The van der Waals surface area contributed by atoms with Gasteiger partial charge in [-0.25, -0.2) is 5.84 Å². The van der Waals surface area contributed by atoms with E-state index in [9.17, 15) is 4.79 Å². The number of hydrazine groups is 1. The summed E-state index contributed by atoms with van der Waals surface area (Å²) in [6.45, 7) is 4.07. The fourth-order valence-corrected chi connectivity index (χ4v) is 2.02. The molecule has 0 amide bonds. The van der Waals surface area contributed by atoms with Crippen molar-refractivity contribution >= 4 is 5.97 Å². The molecule has 1 saturated heterocycles. The van der Waals surface area contributed by atoms with Gasteiger partial charge < -0.3 is 9.74 Å². The molecular formula is C10H21N3O2. The molecule has 3 N–H and O–H groups in total. The Hall–Kier alpha value is -0.650. The molecule has 5 heteroatoms. The maximum atomic E-state index is 11.1. The SMILES string of the molecule is CC1CCCCCN1CCC(=O)ONN. The van der Waals surface area contributed by atoms with Gasteiger partial charge in [0.05, 0.1) is 6.42 Å². The van der Waals surface area contributed by atoms with Crippen LogP contribution >= 0.6 is 0 Å². The summed E-state index contributed by atoms with van der Waals surface area (Å²) in [5.74, 6) is 4.59. The molecule has 1 unspecified atom stereocenters. The van der Waals surface area contributed by atoms with Crippen LogP contribution in [0.15, 0.2) is 0 Å². The number of likely N-dealkylation sites (tertiary alicyclic amines) is 1. The summed E-state index contributed by atoms with van der Waals surface area (Å²) in [6, 6.07) is 0.575. The Morgan fingerprint density at radius 2 is 2.33 bits per heavy atom. The molecule has 0 saturated carbocycles. The van der Waals surface area contributed by atoms with Gasteiger partial charge in [-0.2, -0.15) is 0 Å². The van der Waals surface area contributed by atoms with Crippen molar-refractivity contribution in [3.63, 3.8) is 0 Å². The fraction of sp³-hybridized carbons (Fsp3) is 0.900. The lowest BCUT2D eigenvalue weighted by atomic mass is 10.1. The van der Waals surface area contributed by atoms with E-state index in [1.54, 1.807) is 0 Å². The number of carbonyl (C=O) groups is 1. The zero-order valence-electron chi connectivity index (χ0n) is 9.37. The summed E-state index contributed by atoms with van der Waals surface area (Å²) in [4.78, 5) is 17.9. The van der Waals surface area contributed by atoms with Gasteiger partial charge in [-0.05, 0) is 26.3 Å². The lowest BCUT2D eigenvalue weighted by molar-refractivity contribution is -0.151. The summed E-state index contributed by atoms with van der Waals surface area (Å²) in [5.41, 5.74) is 1.91. The Labute approximate surface area is 90.9 Å². The van der Waals surface area contributed by atoms with Crippen molar-refractivity contribution < 1.29 is 9.63 Å². The van der Waals surface area contributed by atoms with Crippen LogP contribution in [0.3, 0.4) is 0 Å². The molecule has 0 spiro atoms. The van der Waals surface area contributed by atoms with Crippen molar-refractivity contribution in [2.24, 2.45) is 5.84 Å². The van der Waals surface area contributed by atoms with Gasteiger partial charge in [0.2, 0.25) is 0 Å². The van der Waals surface area contributed by atoms with Gasteiger partial charge in [0, 0.05) is 12.6 Å². The molecule has 1 aliphatic rings. The normalized spacial score (nSPS) is 23.5. The van der Waals surface area contributed by atoms with E-state index in [2.05, 4.69) is 16.7 Å². The first-order valence-corrected chi connectivity index (χ1v) is 5.63. The topological polar surface area (TPSA) is 67.6 Å². The molecule has 0 radical (unpaired) electrons.